The summed E-state index contributed by atoms with van der Waals surface area (Å²) in [5, 5.41) is 31.7. The Morgan fingerprint density at radius 3 is 2.79 bits per heavy atom. The van der Waals surface area contributed by atoms with Gasteiger partial charge in [0.15, 0.2) is 12.4 Å². The van der Waals surface area contributed by atoms with Gasteiger partial charge >= 0.3 is 0 Å². The van der Waals surface area contributed by atoms with Crippen LogP contribution in [0.4, 0.5) is 0 Å². The summed E-state index contributed by atoms with van der Waals surface area (Å²) in [4.78, 5) is 10.1. The molecule has 3 aliphatic heterocycles. The molecule has 0 aromatic rings. The second-order valence-corrected chi connectivity index (χ2v) is 4.82. The summed E-state index contributed by atoms with van der Waals surface area (Å²) in [6.45, 7) is -0.363. The van der Waals surface area contributed by atoms with E-state index in [9.17, 15) is 10.2 Å². The number of nitrogens with one attached hydrogen (secondary N) is 1. The van der Waals surface area contributed by atoms with Crippen molar-refractivity contribution in [3.8, 4) is 0 Å². The summed E-state index contributed by atoms with van der Waals surface area (Å²) in [6, 6.07) is -0.272. The second-order valence-electron chi connectivity index (χ2n) is 4.82. The number of nitrogens with two attached hydrogens (primary N) is 1. The minimum absolute atomic E-state index is 0.272. The van der Waals surface area contributed by atoms with Gasteiger partial charge in [-0.2, -0.15) is 0 Å². The molecule has 9 nitrogen and oxygen atoms in total. The van der Waals surface area contributed by atoms with Crippen molar-refractivity contribution in [2.24, 2.45) is 15.7 Å². The van der Waals surface area contributed by atoms with Crippen LogP contribution < -0.4 is 11.1 Å². The molecule has 3 aliphatic rings. The fourth-order valence-corrected chi connectivity index (χ4v) is 2.57. The van der Waals surface area contributed by atoms with E-state index >= 15 is 0 Å². The van der Waals surface area contributed by atoms with Crippen molar-refractivity contribution >= 4 is 12.7 Å². The highest BCUT2D eigenvalue weighted by molar-refractivity contribution is 5.64. The van der Waals surface area contributed by atoms with Crippen LogP contribution in [-0.4, -0.2) is 82.4 Å². The van der Waals surface area contributed by atoms with Gasteiger partial charge in [-0.25, -0.2) is 4.99 Å². The molecule has 7 atom stereocenters. The van der Waals surface area contributed by atoms with Gasteiger partial charge in [-0.1, -0.05) is 0 Å². The smallest absolute Gasteiger partial charge is 0.162 e. The predicted molar refractivity (Wildman–Crippen MR) is 65.3 cm³/mol. The molecule has 0 amide bonds. The molecule has 19 heavy (non-hydrogen) atoms. The van der Waals surface area contributed by atoms with E-state index in [0.29, 0.717) is 0 Å². The van der Waals surface area contributed by atoms with Gasteiger partial charge in [-0.3, -0.25) is 4.99 Å². The summed E-state index contributed by atoms with van der Waals surface area (Å²) < 4.78 is 5.45. The van der Waals surface area contributed by atoms with Crippen molar-refractivity contribution in [2.45, 2.75) is 42.9 Å². The van der Waals surface area contributed by atoms with E-state index in [1.807, 2.05) is 0 Å². The molecule has 1 fully saturated rings. The number of nitrogens with zero attached hydrogens (tertiary/aromatic N) is 3. The Morgan fingerprint density at radius 2 is 2.11 bits per heavy atom. The van der Waals surface area contributed by atoms with Crippen molar-refractivity contribution < 1.29 is 20.1 Å². The van der Waals surface area contributed by atoms with Crippen LogP contribution >= 0.6 is 0 Å². The Morgan fingerprint density at radius 1 is 1.32 bits per heavy atom. The van der Waals surface area contributed by atoms with Crippen LogP contribution in [0.1, 0.15) is 0 Å². The number of aliphatic imine (C=N–C) groups is 2. The highest BCUT2D eigenvalue weighted by Crippen LogP contribution is 2.29. The van der Waals surface area contributed by atoms with Crippen LogP contribution in [0.5, 0.6) is 0 Å². The highest BCUT2D eigenvalue weighted by Gasteiger charge is 2.49. The molecule has 0 aromatic carbocycles. The summed E-state index contributed by atoms with van der Waals surface area (Å²) in [5.74, 6) is 0. The number of aliphatic hydroxyl groups is 3. The predicted octanol–water partition coefficient (Wildman–Crippen LogP) is -3.62. The average Bonchev–Trinajstić information content (AvgIpc) is 2.94. The van der Waals surface area contributed by atoms with Gasteiger partial charge in [0.2, 0.25) is 0 Å². The topological polar surface area (TPSA) is 136 Å². The van der Waals surface area contributed by atoms with Crippen LogP contribution in [0.3, 0.4) is 0 Å². The van der Waals surface area contributed by atoms with E-state index in [0.717, 1.165) is 0 Å². The van der Waals surface area contributed by atoms with Gasteiger partial charge in [0.25, 0.3) is 0 Å². The van der Waals surface area contributed by atoms with Crippen LogP contribution in [0.15, 0.2) is 9.98 Å². The molecular weight excluding hydrogens is 254 g/mol. The molecule has 6 N–H and O–H groups in total. The zero-order valence-electron chi connectivity index (χ0n) is 10.1. The van der Waals surface area contributed by atoms with Gasteiger partial charge in [0, 0.05) is 0 Å². The van der Waals surface area contributed by atoms with Crippen LogP contribution in [0.25, 0.3) is 0 Å². The summed E-state index contributed by atoms with van der Waals surface area (Å²) >= 11 is 0. The number of rotatable bonds is 2. The summed E-state index contributed by atoms with van der Waals surface area (Å²) in [7, 11) is 0. The molecular formula is C10H17N5O4. The zero-order chi connectivity index (χ0) is 13.6. The second kappa shape index (κ2) is 4.69. The van der Waals surface area contributed by atoms with Gasteiger partial charge in [0.1, 0.15) is 30.5 Å². The van der Waals surface area contributed by atoms with Gasteiger partial charge in [0.05, 0.1) is 19.3 Å². The van der Waals surface area contributed by atoms with Gasteiger partial charge in [-0.05, 0) is 0 Å². The van der Waals surface area contributed by atoms with E-state index in [4.69, 9.17) is 15.6 Å². The molecule has 1 saturated heterocycles. The number of hydrogen-bond acceptors (Lipinski definition) is 9. The van der Waals surface area contributed by atoms with Gasteiger partial charge in [-0.15, -0.1) is 0 Å². The Labute approximate surface area is 109 Å². The van der Waals surface area contributed by atoms with Crippen molar-refractivity contribution in [1.82, 2.24) is 10.2 Å². The van der Waals surface area contributed by atoms with Gasteiger partial charge < -0.3 is 36.0 Å². The summed E-state index contributed by atoms with van der Waals surface area (Å²) in [5.41, 5.74) is 5.86. The zero-order valence-corrected chi connectivity index (χ0v) is 10.1. The fourth-order valence-electron chi connectivity index (χ4n) is 2.57. The lowest BCUT2D eigenvalue weighted by Gasteiger charge is -2.34. The minimum atomic E-state index is -1.14. The van der Waals surface area contributed by atoms with E-state index in [1.165, 1.54) is 12.7 Å². The van der Waals surface area contributed by atoms with E-state index in [-0.39, 0.29) is 25.0 Å². The SMILES string of the molecule is NC1NC=NC2C1N=CN2C1OC(CO)C(O)C1O. The highest BCUT2D eigenvalue weighted by atomic mass is 16.6. The van der Waals surface area contributed by atoms with Crippen LogP contribution in [0.2, 0.25) is 0 Å². The maximum atomic E-state index is 9.99. The first kappa shape index (κ1) is 12.8. The lowest BCUT2D eigenvalue weighted by Crippen LogP contribution is -2.57. The van der Waals surface area contributed by atoms with Crippen LogP contribution in [0, 0.1) is 0 Å². The fraction of sp³-hybridized carbons (Fsp3) is 0.800. The third-order valence-corrected chi connectivity index (χ3v) is 3.66. The quantitative estimate of drug-likeness (QED) is 0.350. The first-order valence-corrected chi connectivity index (χ1v) is 6.10. The maximum Gasteiger partial charge on any atom is 0.162 e. The molecule has 0 saturated carbocycles. The lowest BCUT2D eigenvalue weighted by atomic mass is 10.1. The van der Waals surface area contributed by atoms with E-state index < -0.39 is 24.5 Å². The molecule has 3 rings (SSSR count). The Bertz CT molecular complexity index is 405. The third kappa shape index (κ3) is 1.90. The number of ether oxygens (including phenoxy) is 1. The summed E-state index contributed by atoms with van der Waals surface area (Å²) in [6.07, 6.45) is -1.61. The van der Waals surface area contributed by atoms with Crippen molar-refractivity contribution in [2.75, 3.05) is 6.61 Å². The monoisotopic (exact) mass is 271 g/mol. The molecule has 3 heterocycles. The minimum Gasteiger partial charge on any atom is -0.394 e. The van der Waals surface area contributed by atoms with Crippen LogP contribution in [-0.2, 0) is 4.74 Å². The normalized spacial score (nSPS) is 48.4. The molecule has 0 bridgehead atoms. The number of hydrogen-bond donors (Lipinski definition) is 5. The first-order chi connectivity index (χ1) is 9.13. The van der Waals surface area contributed by atoms with Crippen molar-refractivity contribution in [3.05, 3.63) is 0 Å². The Hall–Kier alpha value is -1.26. The van der Waals surface area contributed by atoms with E-state index in [2.05, 4.69) is 15.3 Å². The average molecular weight is 271 g/mol. The van der Waals surface area contributed by atoms with Crippen molar-refractivity contribution in [1.29, 1.82) is 0 Å². The standard InChI is InChI=1S/C10H17N5O4/c11-8-5-9(13-2-12-8)15(3-14-5)10-7(18)6(17)4(1-16)19-10/h2-10,16-18H,1,11H2,(H,12,13). The molecule has 0 aliphatic carbocycles. The maximum absolute atomic E-state index is 9.99. The first-order valence-electron chi connectivity index (χ1n) is 6.10. The molecule has 106 valence electrons. The van der Waals surface area contributed by atoms with E-state index in [1.54, 1.807) is 4.90 Å². The molecule has 9 heteroatoms. The Balaban J connectivity index is 1.79. The Kier molecular flexibility index (Phi) is 3.15. The largest absolute Gasteiger partial charge is 0.394 e. The number of aliphatic hydroxyl groups excluding tert-OH is 3. The molecule has 0 aromatic heterocycles. The third-order valence-electron chi connectivity index (χ3n) is 3.66. The molecule has 0 radical (unpaired) electrons. The number of fused-ring (bicyclic) bond motifs is 1. The molecule has 0 spiro atoms. The molecule has 7 unspecified atom stereocenters. The van der Waals surface area contributed by atoms with Crippen molar-refractivity contribution in [3.63, 3.8) is 0 Å². The lowest BCUT2D eigenvalue weighted by molar-refractivity contribution is -0.0800.